The van der Waals surface area contributed by atoms with E-state index in [4.69, 9.17) is 21.1 Å². The van der Waals surface area contributed by atoms with Crippen molar-refractivity contribution < 1.29 is 22.7 Å². The number of aromatic nitrogens is 1. The summed E-state index contributed by atoms with van der Waals surface area (Å²) >= 11 is 7.29. The van der Waals surface area contributed by atoms with Gasteiger partial charge in [0, 0.05) is 23.4 Å². The topological polar surface area (TPSA) is 97.5 Å². The van der Waals surface area contributed by atoms with Crippen molar-refractivity contribution in [3.63, 3.8) is 0 Å². The van der Waals surface area contributed by atoms with Crippen molar-refractivity contribution in [3.05, 3.63) is 39.9 Å². The third kappa shape index (κ3) is 3.90. The number of benzene rings is 1. The first-order valence-electron chi connectivity index (χ1n) is 7.98. The standard InChI is InChI=1S/C17H15ClN2O5S2/c1-27(22,23)8-10-5-13-14(25-3-2-24-13)7-11(10)19-16(21)12-4-9-6-15(18)26-17(9)20-12/h4-7,20H,2-3,8H2,1H3,(H,19,21). The summed E-state index contributed by atoms with van der Waals surface area (Å²) in [6.07, 6.45) is 1.14. The molecular formula is C17H15ClN2O5S2. The van der Waals surface area contributed by atoms with E-state index in [1.165, 1.54) is 11.3 Å². The summed E-state index contributed by atoms with van der Waals surface area (Å²) in [7, 11) is -3.31. The van der Waals surface area contributed by atoms with Crippen LogP contribution in [0.25, 0.3) is 10.2 Å². The molecule has 2 N–H and O–H groups in total. The summed E-state index contributed by atoms with van der Waals surface area (Å²) < 4.78 is 35.3. The van der Waals surface area contributed by atoms with Gasteiger partial charge in [-0.2, -0.15) is 0 Å². The minimum absolute atomic E-state index is 0.228. The van der Waals surface area contributed by atoms with Crippen LogP contribution in [0.4, 0.5) is 5.69 Å². The van der Waals surface area contributed by atoms with Gasteiger partial charge in [-0.25, -0.2) is 8.42 Å². The maximum Gasteiger partial charge on any atom is 0.272 e. The van der Waals surface area contributed by atoms with Gasteiger partial charge < -0.3 is 19.8 Å². The molecule has 0 saturated heterocycles. The van der Waals surface area contributed by atoms with Gasteiger partial charge in [-0.3, -0.25) is 4.79 Å². The molecular weight excluding hydrogens is 412 g/mol. The summed E-state index contributed by atoms with van der Waals surface area (Å²) in [5.74, 6) is 0.316. The zero-order chi connectivity index (χ0) is 19.2. The Labute approximate surface area is 164 Å². The fraction of sp³-hybridized carbons (Fsp3) is 0.235. The molecule has 3 heterocycles. The molecule has 0 spiro atoms. The number of H-pyrrole nitrogens is 1. The Morgan fingerprint density at radius 3 is 2.59 bits per heavy atom. The number of ether oxygens (including phenoxy) is 2. The van der Waals surface area contributed by atoms with Crippen LogP contribution in [-0.2, 0) is 15.6 Å². The second kappa shape index (κ2) is 6.74. The second-order valence-corrected chi connectivity index (χ2v) is 10.0. The monoisotopic (exact) mass is 426 g/mol. The van der Waals surface area contributed by atoms with Gasteiger partial charge in [0.1, 0.15) is 23.7 Å². The molecule has 1 aromatic carbocycles. The number of halogens is 1. The molecule has 0 bridgehead atoms. The van der Waals surface area contributed by atoms with Crippen LogP contribution < -0.4 is 14.8 Å². The summed E-state index contributed by atoms with van der Waals surface area (Å²) in [6, 6.07) is 6.66. The second-order valence-electron chi connectivity index (χ2n) is 6.20. The van der Waals surface area contributed by atoms with E-state index in [0.29, 0.717) is 46.0 Å². The number of anilines is 1. The lowest BCUT2D eigenvalue weighted by molar-refractivity contribution is 0.102. The first-order chi connectivity index (χ1) is 12.8. The highest BCUT2D eigenvalue weighted by atomic mass is 35.5. The number of sulfone groups is 1. The third-order valence-corrected chi connectivity index (χ3v) is 5.99. The van der Waals surface area contributed by atoms with E-state index >= 15 is 0 Å². The molecule has 10 heteroatoms. The molecule has 1 amide bonds. The zero-order valence-electron chi connectivity index (χ0n) is 14.2. The minimum atomic E-state index is -3.31. The largest absolute Gasteiger partial charge is 0.486 e. The quantitative estimate of drug-likeness (QED) is 0.665. The molecule has 0 radical (unpaired) electrons. The van der Waals surface area contributed by atoms with Crippen molar-refractivity contribution in [2.24, 2.45) is 0 Å². The number of nitrogens with one attached hydrogen (secondary N) is 2. The van der Waals surface area contributed by atoms with Gasteiger partial charge in [0.25, 0.3) is 5.91 Å². The Morgan fingerprint density at radius 2 is 1.93 bits per heavy atom. The molecule has 2 aromatic heterocycles. The van der Waals surface area contributed by atoms with Crippen molar-refractivity contribution in [3.8, 4) is 11.5 Å². The number of carbonyl (C=O) groups is 1. The predicted octanol–water partition coefficient (Wildman–Crippen LogP) is 3.45. The SMILES string of the molecule is CS(=O)(=O)Cc1cc2c(cc1NC(=O)c1cc3cc(Cl)sc3[nH]1)OCCO2. The van der Waals surface area contributed by atoms with Gasteiger partial charge in [0.15, 0.2) is 21.3 Å². The summed E-state index contributed by atoms with van der Waals surface area (Å²) in [5.41, 5.74) is 1.16. The molecule has 1 aliphatic heterocycles. The van der Waals surface area contributed by atoms with Crippen LogP contribution in [-0.4, -0.2) is 38.8 Å². The van der Waals surface area contributed by atoms with Crippen molar-refractivity contribution in [1.29, 1.82) is 0 Å². The molecule has 0 unspecified atom stereocenters. The van der Waals surface area contributed by atoms with Crippen molar-refractivity contribution in [1.82, 2.24) is 4.98 Å². The van der Waals surface area contributed by atoms with Gasteiger partial charge >= 0.3 is 0 Å². The Kier molecular flexibility index (Phi) is 4.53. The number of hydrogen-bond donors (Lipinski definition) is 2. The van der Waals surface area contributed by atoms with E-state index in [1.54, 1.807) is 24.3 Å². The Morgan fingerprint density at radius 1 is 1.22 bits per heavy atom. The first kappa shape index (κ1) is 18.1. The Balaban J connectivity index is 1.68. The van der Waals surface area contributed by atoms with Crippen LogP contribution in [0.15, 0.2) is 24.3 Å². The van der Waals surface area contributed by atoms with E-state index in [1.807, 2.05) is 0 Å². The number of aromatic amines is 1. The average Bonchev–Trinajstić information content (AvgIpc) is 3.11. The van der Waals surface area contributed by atoms with Crippen LogP contribution in [0.1, 0.15) is 16.1 Å². The Bertz CT molecular complexity index is 1120. The Hall–Kier alpha value is -2.23. The number of rotatable bonds is 4. The number of amides is 1. The van der Waals surface area contributed by atoms with E-state index in [2.05, 4.69) is 10.3 Å². The predicted molar refractivity (Wildman–Crippen MR) is 105 cm³/mol. The van der Waals surface area contributed by atoms with Crippen LogP contribution in [0.3, 0.4) is 0 Å². The zero-order valence-corrected chi connectivity index (χ0v) is 16.6. The van der Waals surface area contributed by atoms with Gasteiger partial charge in [-0.15, -0.1) is 11.3 Å². The molecule has 1 aliphatic rings. The van der Waals surface area contributed by atoms with Crippen molar-refractivity contribution in [2.75, 3.05) is 24.8 Å². The molecule has 7 nitrogen and oxygen atoms in total. The highest BCUT2D eigenvalue weighted by Gasteiger charge is 2.20. The van der Waals surface area contributed by atoms with Crippen molar-refractivity contribution in [2.45, 2.75) is 5.75 Å². The smallest absolute Gasteiger partial charge is 0.272 e. The fourth-order valence-corrected chi connectivity index (χ4v) is 4.78. The molecule has 0 saturated carbocycles. The molecule has 142 valence electrons. The summed E-state index contributed by atoms with van der Waals surface area (Å²) in [4.78, 5) is 16.5. The molecule has 0 fully saturated rings. The van der Waals surface area contributed by atoms with Gasteiger partial charge in [-0.1, -0.05) is 11.6 Å². The van der Waals surface area contributed by atoms with E-state index in [-0.39, 0.29) is 11.7 Å². The fourth-order valence-electron chi connectivity index (χ4n) is 2.85. The maximum absolute atomic E-state index is 12.7. The summed E-state index contributed by atoms with van der Waals surface area (Å²) in [5, 5.41) is 3.61. The van der Waals surface area contributed by atoms with E-state index < -0.39 is 9.84 Å². The van der Waals surface area contributed by atoms with Crippen molar-refractivity contribution >= 4 is 54.6 Å². The van der Waals surface area contributed by atoms with Crippen LogP contribution in [0, 0.1) is 0 Å². The van der Waals surface area contributed by atoms with Crippen LogP contribution in [0.5, 0.6) is 11.5 Å². The van der Waals surface area contributed by atoms with E-state index in [9.17, 15) is 13.2 Å². The average molecular weight is 427 g/mol. The number of hydrogen-bond acceptors (Lipinski definition) is 6. The highest BCUT2D eigenvalue weighted by Crippen LogP contribution is 2.37. The third-order valence-electron chi connectivity index (χ3n) is 3.96. The lowest BCUT2D eigenvalue weighted by Crippen LogP contribution is -2.18. The molecule has 4 rings (SSSR count). The molecule has 27 heavy (non-hydrogen) atoms. The lowest BCUT2D eigenvalue weighted by Gasteiger charge is -2.21. The number of carbonyl (C=O) groups excluding carboxylic acids is 1. The number of fused-ring (bicyclic) bond motifs is 2. The lowest BCUT2D eigenvalue weighted by atomic mass is 10.1. The minimum Gasteiger partial charge on any atom is -0.486 e. The normalized spacial score (nSPS) is 13.7. The highest BCUT2D eigenvalue weighted by molar-refractivity contribution is 7.89. The number of thiophene rings is 1. The molecule has 3 aromatic rings. The van der Waals surface area contributed by atoms with Gasteiger partial charge in [-0.05, 0) is 23.8 Å². The molecule has 0 atom stereocenters. The molecule has 0 aliphatic carbocycles. The van der Waals surface area contributed by atoms with Crippen LogP contribution >= 0.6 is 22.9 Å². The maximum atomic E-state index is 12.7. The van der Waals surface area contributed by atoms with Crippen LogP contribution in [0.2, 0.25) is 4.34 Å². The summed E-state index contributed by atoms with van der Waals surface area (Å²) in [6.45, 7) is 0.776. The van der Waals surface area contributed by atoms with E-state index in [0.717, 1.165) is 16.5 Å². The first-order valence-corrected chi connectivity index (χ1v) is 11.2. The van der Waals surface area contributed by atoms with Gasteiger partial charge in [0.05, 0.1) is 10.1 Å². The van der Waals surface area contributed by atoms with Gasteiger partial charge in [0.2, 0.25) is 0 Å².